The van der Waals surface area contributed by atoms with E-state index in [4.69, 9.17) is 68.1 Å². The highest BCUT2D eigenvalue weighted by Gasteiger charge is 2.30. The molecule has 0 amide bonds. The summed E-state index contributed by atoms with van der Waals surface area (Å²) in [5, 5.41) is 21.3. The van der Waals surface area contributed by atoms with Crippen LogP contribution in [0.25, 0.3) is 52.2 Å². The van der Waals surface area contributed by atoms with Gasteiger partial charge in [0.1, 0.15) is 22.3 Å². The molecule has 0 spiro atoms. The number of aromatic carboxylic acids is 1. The summed E-state index contributed by atoms with van der Waals surface area (Å²) in [6, 6.07) is 46.2. The number of hydrogen-bond acceptors (Lipinski definition) is 21. The SMILES string of the molecule is Cc1sc(N2CCOCC2)nc1Cc1cc2cc(Br)ccc2s1.Cc1sc(N2CCOCC2)nc1Cc1cc2ccccc2n1C.Cc1sc(N2CCOCC2)nc1Cc1ccc2cccc(F)c2c1.[C-]#[N+]c1c(N2CCOCC2)sc(C(=O)O)c1Cc1cc(F)c(Cl)cc1C.[C-]#[N+]c1c(N2CCOCC2)sc(C)c1Cc1ccc2cc(OC)ccc2c1. The number of halogens is 4. The number of ether oxygens (including phenoxy) is 6. The Bertz CT molecular complexity index is 6180. The van der Waals surface area contributed by atoms with Gasteiger partial charge in [0.2, 0.25) is 11.4 Å². The molecule has 12 heterocycles. The number of rotatable bonds is 17. The maximum absolute atomic E-state index is 14.0. The topological polar surface area (TPSA) is 161 Å². The van der Waals surface area contributed by atoms with Gasteiger partial charge in [-0.25, -0.2) is 38.2 Å². The highest BCUT2D eigenvalue weighted by Crippen LogP contribution is 2.47. The van der Waals surface area contributed by atoms with Crippen molar-refractivity contribution in [3.8, 4) is 5.75 Å². The molecule has 14 aromatic rings. The van der Waals surface area contributed by atoms with E-state index >= 15 is 0 Å². The quantitative estimate of drug-likeness (QED) is 0.0857. The van der Waals surface area contributed by atoms with Gasteiger partial charge in [-0.05, 0) is 185 Å². The zero-order chi connectivity index (χ0) is 85.8. The number of para-hydroxylation sites is 1. The van der Waals surface area contributed by atoms with Crippen LogP contribution >= 0.6 is 95.6 Å². The van der Waals surface area contributed by atoms with Crippen molar-refractivity contribution >= 4 is 181 Å². The first kappa shape index (κ1) is 88.4. The zero-order valence-corrected chi connectivity index (χ0v) is 76.9. The second kappa shape index (κ2) is 41.1. The van der Waals surface area contributed by atoms with Crippen LogP contribution < -0.4 is 29.2 Å². The van der Waals surface area contributed by atoms with E-state index in [2.05, 4.69) is 176 Å². The van der Waals surface area contributed by atoms with E-state index in [1.807, 2.05) is 40.5 Å². The maximum atomic E-state index is 14.0. The van der Waals surface area contributed by atoms with Crippen molar-refractivity contribution in [2.24, 2.45) is 7.05 Å². The van der Waals surface area contributed by atoms with Gasteiger partial charge < -0.3 is 62.6 Å². The molecule has 0 aliphatic carbocycles. The van der Waals surface area contributed by atoms with Gasteiger partial charge in [0, 0.05) is 137 Å². The van der Waals surface area contributed by atoms with Crippen LogP contribution in [-0.2, 0) is 62.8 Å². The number of thiophene rings is 3. The number of hydrogen-bond donors (Lipinski definition) is 1. The van der Waals surface area contributed by atoms with Crippen LogP contribution in [0.1, 0.15) is 90.2 Å². The number of aromatic nitrogens is 4. The molecule has 5 aliphatic heterocycles. The molecule has 19 rings (SSSR count). The monoisotopic (exact) mass is 1850 g/mol. The Morgan fingerprint density at radius 3 is 1.58 bits per heavy atom. The molecule has 0 bridgehead atoms. The molecule has 7 aromatic heterocycles. The third-order valence-corrected chi connectivity index (χ3v) is 30.0. The number of methoxy groups -OCH3 is 1. The summed E-state index contributed by atoms with van der Waals surface area (Å²) in [5.41, 5.74) is 12.5. The summed E-state index contributed by atoms with van der Waals surface area (Å²) in [6.07, 6.45) is 3.49. The normalized spacial score (nSPS) is 14.9. The Balaban J connectivity index is 0.000000119. The second-order valence-electron chi connectivity index (χ2n) is 30.4. The predicted molar refractivity (Wildman–Crippen MR) is 506 cm³/mol. The first-order valence-electron chi connectivity index (χ1n) is 40.9. The first-order chi connectivity index (χ1) is 59.7. The molecule has 0 radical (unpaired) electrons. The number of benzene rings is 7. The molecule has 19 nitrogen and oxygen atoms in total. The Morgan fingerprint density at radius 2 is 1.01 bits per heavy atom. The standard InChI is InChI=1S/C22H22N2O2S.C19H19FN2OS.C18H16ClFN2O3S.C18H21N3OS.C17H17BrN2OS2/c1-15-20(21(23-2)22(27-15)24-8-10-26-11-9-24)13-16-4-5-18-14-19(25-3)7-6-17(18)12-16;1-13-18(21-19(24-13)22-7-9-23-10-8-22)12-14-5-6-15-3-2-4-17(20)16(15)11-14;1-10-7-13(19)14(20)9-11(10)8-12-15(21-2)17(26-16(12)18(23)24)22-3-5-25-6-4-22;1-13-16(19-18(23-13)21-7-9-22-10-8-21)12-15-11-14-5-3-4-6-17(14)20(15)2;1-11-15(19-17(22-11)20-4-6-21-7-5-20)10-14-9-12-8-13(18)2-3-16(12)23-14/h4-7,12,14H,8-11,13H2,1,3H3;2-6,11H,7-10,12H2,1H3;7,9H,3-6,8H2,1H3,(H,23,24);3-6,11H,7-10,12H2,1-2H3;2-3,8-9H,4-7,10H2,1H3. The summed E-state index contributed by atoms with van der Waals surface area (Å²) in [6.45, 7) is 41.5. The molecule has 1 N–H and O–H groups in total. The van der Waals surface area contributed by atoms with Crippen LogP contribution in [0.4, 0.5) is 45.6 Å². The van der Waals surface area contributed by atoms with Crippen LogP contribution in [0.3, 0.4) is 0 Å². The third-order valence-electron chi connectivity index (χ3n) is 22.4. The van der Waals surface area contributed by atoms with Crippen molar-refractivity contribution < 1.29 is 47.1 Å². The fourth-order valence-corrected chi connectivity index (χ4v) is 22.4. The fourth-order valence-electron chi connectivity index (χ4n) is 15.5. The van der Waals surface area contributed by atoms with E-state index < -0.39 is 11.8 Å². The van der Waals surface area contributed by atoms with Crippen molar-refractivity contribution in [3.63, 3.8) is 0 Å². The molecule has 5 aliphatic rings. The number of anilines is 5. The van der Waals surface area contributed by atoms with Crippen LogP contribution in [0, 0.1) is 59.4 Å². The van der Waals surface area contributed by atoms with Crippen molar-refractivity contribution in [2.75, 3.05) is 163 Å². The molecule has 0 unspecified atom stereocenters. The molecule has 0 saturated carbocycles. The Hall–Kier alpha value is -9.47. The lowest BCUT2D eigenvalue weighted by Crippen LogP contribution is -2.36. The molecule has 123 heavy (non-hydrogen) atoms. The van der Waals surface area contributed by atoms with Gasteiger partial charge in [0.05, 0.1) is 118 Å². The Kier molecular flexibility index (Phi) is 29.5. The molecule has 0 atom stereocenters. The summed E-state index contributed by atoms with van der Waals surface area (Å²) in [4.78, 5) is 51.7. The number of aryl methyl sites for hydroxylation is 6. The fraction of sp³-hybridized carbons (Fsp3) is 0.340. The average molecular weight is 1850 g/mol. The molecule has 29 heteroatoms. The van der Waals surface area contributed by atoms with E-state index in [1.165, 1.54) is 97.0 Å². The van der Waals surface area contributed by atoms with E-state index in [0.717, 1.165) is 206 Å². The second-order valence-corrected chi connectivity index (χ2v) is 38.7. The minimum absolute atomic E-state index is 0.0226. The van der Waals surface area contributed by atoms with Gasteiger partial charge in [-0.15, -0.1) is 68.0 Å². The Labute approximate surface area is 753 Å². The number of carbonyl (C=O) groups is 1. The molecular formula is C94H95BrClF2N11O8S6. The number of morpholine rings is 5. The van der Waals surface area contributed by atoms with E-state index in [1.54, 1.807) is 65.4 Å². The summed E-state index contributed by atoms with van der Waals surface area (Å²) in [5.74, 6) is -0.939. The van der Waals surface area contributed by atoms with E-state index in [-0.39, 0.29) is 22.1 Å². The number of nitrogens with zero attached hydrogens (tertiary/aromatic N) is 11. The summed E-state index contributed by atoms with van der Waals surface area (Å²) >= 11 is 19.4. The van der Waals surface area contributed by atoms with E-state index in [0.29, 0.717) is 53.5 Å². The van der Waals surface area contributed by atoms with Gasteiger partial charge in [0.15, 0.2) is 15.4 Å². The highest BCUT2D eigenvalue weighted by molar-refractivity contribution is 9.10. The Morgan fingerprint density at radius 1 is 0.496 bits per heavy atom. The van der Waals surface area contributed by atoms with Gasteiger partial charge >= 0.3 is 5.97 Å². The van der Waals surface area contributed by atoms with Gasteiger partial charge in [0.25, 0.3) is 0 Å². The molecular weight excluding hydrogens is 1760 g/mol. The van der Waals surface area contributed by atoms with Crippen LogP contribution in [0.2, 0.25) is 5.02 Å². The average Bonchev–Trinajstić information content (AvgIpc) is 1.70. The lowest BCUT2D eigenvalue weighted by molar-refractivity contribution is 0.0701. The minimum atomic E-state index is -1.08. The highest BCUT2D eigenvalue weighted by atomic mass is 79.9. The number of carboxylic acid groups (broad SMARTS) is 1. The summed E-state index contributed by atoms with van der Waals surface area (Å²) in [7, 11) is 3.83. The van der Waals surface area contributed by atoms with Gasteiger partial charge in [-0.2, -0.15) is 0 Å². The zero-order valence-electron chi connectivity index (χ0n) is 69.6. The lowest BCUT2D eigenvalue weighted by Gasteiger charge is -2.28. The predicted octanol–water partition coefficient (Wildman–Crippen LogP) is 22.1. The van der Waals surface area contributed by atoms with Crippen molar-refractivity contribution in [2.45, 2.75) is 66.7 Å². The smallest absolute Gasteiger partial charge is 0.344 e. The largest absolute Gasteiger partial charge is 0.497 e. The van der Waals surface area contributed by atoms with Crippen LogP contribution in [0.5, 0.6) is 5.75 Å². The maximum Gasteiger partial charge on any atom is 0.344 e. The van der Waals surface area contributed by atoms with Crippen molar-refractivity contribution in [3.05, 3.63) is 269 Å². The van der Waals surface area contributed by atoms with Crippen molar-refractivity contribution in [1.82, 2.24) is 19.5 Å². The third kappa shape index (κ3) is 21.4. The molecule has 7 aromatic carbocycles. The number of carboxylic acids is 1. The van der Waals surface area contributed by atoms with Crippen LogP contribution in [-0.4, -0.2) is 169 Å². The van der Waals surface area contributed by atoms with Gasteiger partial charge in [-0.3, -0.25) is 0 Å². The van der Waals surface area contributed by atoms with E-state index in [9.17, 15) is 18.7 Å². The summed E-state index contributed by atoms with van der Waals surface area (Å²) < 4.78 is 65.0. The van der Waals surface area contributed by atoms with Crippen molar-refractivity contribution in [1.29, 1.82) is 0 Å². The lowest BCUT2D eigenvalue weighted by atomic mass is 9.99. The molecule has 5 fully saturated rings. The number of thiazole rings is 3. The first-order valence-corrected chi connectivity index (χ1v) is 47.0. The van der Waals surface area contributed by atoms with Crippen LogP contribution in [0.15, 0.2) is 144 Å². The molecule has 5 saturated heterocycles. The van der Waals surface area contributed by atoms with Gasteiger partial charge in [-0.1, -0.05) is 94.3 Å². The molecule has 638 valence electrons. The number of fused-ring (bicyclic) bond motifs is 4. The minimum Gasteiger partial charge on any atom is -0.497 e.